The number of carbonyl (C=O) groups is 5. The molecule has 0 unspecified atom stereocenters. The summed E-state index contributed by atoms with van der Waals surface area (Å²) >= 11 is 0. The van der Waals surface area contributed by atoms with E-state index in [1.54, 1.807) is 27.7 Å². The highest BCUT2D eigenvalue weighted by Crippen LogP contribution is 2.27. The number of alkyl carbamates (subject to hydrolysis) is 1. The summed E-state index contributed by atoms with van der Waals surface area (Å²) in [6.45, 7) is 6.79. The van der Waals surface area contributed by atoms with Gasteiger partial charge in [0.2, 0.25) is 11.8 Å². The van der Waals surface area contributed by atoms with Gasteiger partial charge in [-0.15, -0.1) is 0 Å². The van der Waals surface area contributed by atoms with E-state index in [2.05, 4.69) is 10.6 Å². The molecule has 0 aromatic carbocycles. The molecule has 2 atom stereocenters. The molecule has 35 heavy (non-hydrogen) atoms. The number of nitrogens with two attached hydrogens (primary N) is 1. The summed E-state index contributed by atoms with van der Waals surface area (Å²) in [6, 6.07) is -2.09. The Balaban J connectivity index is 2.91. The molecule has 1 saturated carbocycles. The molecule has 11 heteroatoms. The van der Waals surface area contributed by atoms with Crippen LogP contribution in [0.25, 0.3) is 0 Å². The minimum atomic E-state index is -1.17. The molecule has 1 fully saturated rings. The van der Waals surface area contributed by atoms with Crippen LogP contribution in [0.3, 0.4) is 0 Å². The van der Waals surface area contributed by atoms with Crippen molar-refractivity contribution in [3.8, 4) is 0 Å². The molecule has 0 saturated heterocycles. The molecule has 11 nitrogen and oxygen atoms in total. The van der Waals surface area contributed by atoms with E-state index in [-0.39, 0.29) is 32.0 Å². The van der Waals surface area contributed by atoms with Crippen LogP contribution in [-0.4, -0.2) is 60.7 Å². The molecule has 1 aliphatic carbocycles. The Labute approximate surface area is 206 Å². The lowest BCUT2D eigenvalue weighted by atomic mass is 9.83. The third-order valence-electron chi connectivity index (χ3n) is 5.22. The number of amides is 3. The van der Waals surface area contributed by atoms with Crippen LogP contribution in [0.1, 0.15) is 72.6 Å². The van der Waals surface area contributed by atoms with E-state index in [9.17, 15) is 24.0 Å². The smallest absolute Gasteiger partial charge is 0.408 e. The van der Waals surface area contributed by atoms with Crippen molar-refractivity contribution in [3.63, 3.8) is 0 Å². The Morgan fingerprint density at radius 3 is 2.26 bits per heavy atom. The third kappa shape index (κ3) is 12.8. The summed E-state index contributed by atoms with van der Waals surface area (Å²) in [6.07, 6.45) is 5.82. The van der Waals surface area contributed by atoms with Gasteiger partial charge in [-0.2, -0.15) is 0 Å². The Hall–Kier alpha value is -3.11. The van der Waals surface area contributed by atoms with Gasteiger partial charge in [-0.3, -0.25) is 9.59 Å². The Morgan fingerprint density at radius 1 is 1.03 bits per heavy atom. The van der Waals surface area contributed by atoms with Crippen LogP contribution in [0, 0.1) is 5.92 Å². The van der Waals surface area contributed by atoms with Crippen LogP contribution in [0.2, 0.25) is 0 Å². The van der Waals surface area contributed by atoms with E-state index in [0.29, 0.717) is 0 Å². The number of nitrogens with one attached hydrogen (secondary N) is 2. The molecule has 0 bridgehead atoms. The van der Waals surface area contributed by atoms with Crippen LogP contribution in [0.4, 0.5) is 4.79 Å². The number of carbonyl (C=O) groups excluding carboxylic acids is 5. The highest BCUT2D eigenvalue weighted by atomic mass is 16.6. The fraction of sp³-hybridized carbons (Fsp3) is 0.708. The standard InChI is InChI=1S/C24H39N3O8/c1-5-33-19(29)12-9-15-34-22(31)17(13-14-18(25)28)26-21(30)20(16-10-7-6-8-11-16)27-23(32)35-24(2,3)4/h9,12,16-17,20H,5-8,10-11,13-15H2,1-4H3,(H2,25,28)(H,26,30)(H,27,32)/b12-9+/t17-,20-/m0/s1. The Bertz CT molecular complexity index is 769. The molecule has 0 radical (unpaired) electrons. The molecule has 1 rings (SSSR count). The molecule has 0 aromatic heterocycles. The van der Waals surface area contributed by atoms with E-state index < -0.39 is 47.5 Å². The molecular weight excluding hydrogens is 458 g/mol. The van der Waals surface area contributed by atoms with Gasteiger partial charge in [-0.25, -0.2) is 14.4 Å². The van der Waals surface area contributed by atoms with E-state index in [0.717, 1.165) is 38.2 Å². The lowest BCUT2D eigenvalue weighted by molar-refractivity contribution is -0.147. The zero-order chi connectivity index (χ0) is 26.4. The molecule has 1 aliphatic rings. The van der Waals surface area contributed by atoms with Crippen molar-refractivity contribution in [1.29, 1.82) is 0 Å². The molecule has 0 aromatic rings. The van der Waals surface area contributed by atoms with Crippen molar-refractivity contribution in [1.82, 2.24) is 10.6 Å². The number of primary amides is 1. The highest BCUT2D eigenvalue weighted by molar-refractivity contribution is 5.90. The number of esters is 2. The molecule has 4 N–H and O–H groups in total. The molecule has 198 valence electrons. The SMILES string of the molecule is CCOC(=O)/C=C/COC(=O)[C@H](CCC(N)=O)NC(=O)[C@@H](NC(=O)OC(C)(C)C)C1CCCCC1. The van der Waals surface area contributed by atoms with Crippen LogP contribution in [-0.2, 0) is 33.4 Å². The van der Waals surface area contributed by atoms with E-state index in [1.807, 2.05) is 0 Å². The van der Waals surface area contributed by atoms with Crippen molar-refractivity contribution < 1.29 is 38.2 Å². The maximum atomic E-state index is 13.2. The maximum absolute atomic E-state index is 13.2. The number of rotatable bonds is 12. The summed E-state index contributed by atoms with van der Waals surface area (Å²) in [7, 11) is 0. The van der Waals surface area contributed by atoms with Crippen LogP contribution >= 0.6 is 0 Å². The molecule has 0 spiro atoms. The first-order valence-electron chi connectivity index (χ1n) is 12.0. The predicted molar refractivity (Wildman–Crippen MR) is 127 cm³/mol. The second kappa shape index (κ2) is 15.0. The van der Waals surface area contributed by atoms with Crippen LogP contribution in [0.5, 0.6) is 0 Å². The average molecular weight is 498 g/mol. The van der Waals surface area contributed by atoms with Crippen LogP contribution in [0.15, 0.2) is 12.2 Å². The first kappa shape index (κ1) is 29.9. The van der Waals surface area contributed by atoms with E-state index in [1.165, 1.54) is 6.08 Å². The van der Waals surface area contributed by atoms with Crippen molar-refractivity contribution >= 4 is 29.8 Å². The number of hydrogen-bond donors (Lipinski definition) is 3. The number of hydrogen-bond acceptors (Lipinski definition) is 8. The van der Waals surface area contributed by atoms with Gasteiger partial charge in [0, 0.05) is 12.5 Å². The van der Waals surface area contributed by atoms with Crippen molar-refractivity contribution in [3.05, 3.63) is 12.2 Å². The summed E-state index contributed by atoms with van der Waals surface area (Å²) in [4.78, 5) is 60.9. The zero-order valence-corrected chi connectivity index (χ0v) is 21.1. The molecular formula is C24H39N3O8. The Morgan fingerprint density at radius 2 is 1.69 bits per heavy atom. The largest absolute Gasteiger partial charge is 0.463 e. The Kier molecular flexibility index (Phi) is 12.8. The molecule has 0 aliphatic heterocycles. The fourth-order valence-corrected chi connectivity index (χ4v) is 3.66. The van der Waals surface area contributed by atoms with Gasteiger partial charge in [-0.05, 0) is 59.0 Å². The minimum Gasteiger partial charge on any atom is -0.463 e. The zero-order valence-electron chi connectivity index (χ0n) is 21.1. The fourth-order valence-electron chi connectivity index (χ4n) is 3.66. The topological polar surface area (TPSA) is 163 Å². The minimum absolute atomic E-state index is 0.0781. The first-order valence-corrected chi connectivity index (χ1v) is 12.0. The maximum Gasteiger partial charge on any atom is 0.408 e. The monoisotopic (exact) mass is 497 g/mol. The van der Waals surface area contributed by atoms with Crippen molar-refractivity contribution in [2.45, 2.75) is 90.3 Å². The van der Waals surface area contributed by atoms with E-state index >= 15 is 0 Å². The second-order valence-corrected chi connectivity index (χ2v) is 9.37. The third-order valence-corrected chi connectivity index (χ3v) is 5.22. The quantitative estimate of drug-likeness (QED) is 0.209. The summed E-state index contributed by atoms with van der Waals surface area (Å²) in [5.41, 5.74) is 4.47. The summed E-state index contributed by atoms with van der Waals surface area (Å²) in [5, 5.41) is 5.25. The second-order valence-electron chi connectivity index (χ2n) is 9.37. The van der Waals surface area contributed by atoms with Gasteiger partial charge in [0.05, 0.1) is 6.61 Å². The first-order chi connectivity index (χ1) is 16.4. The van der Waals surface area contributed by atoms with Gasteiger partial charge in [0.15, 0.2) is 0 Å². The summed E-state index contributed by atoms with van der Waals surface area (Å²) < 4.78 is 15.2. The summed E-state index contributed by atoms with van der Waals surface area (Å²) in [5.74, 6) is -2.72. The van der Waals surface area contributed by atoms with Gasteiger partial charge in [-0.1, -0.05) is 19.3 Å². The van der Waals surface area contributed by atoms with Gasteiger partial charge in [0.1, 0.15) is 24.3 Å². The predicted octanol–water partition coefficient (Wildman–Crippen LogP) is 1.87. The molecule has 3 amide bonds. The van der Waals surface area contributed by atoms with Crippen molar-refractivity contribution in [2.75, 3.05) is 13.2 Å². The normalized spacial score (nSPS) is 16.1. The van der Waals surface area contributed by atoms with Gasteiger partial charge < -0.3 is 30.6 Å². The lowest BCUT2D eigenvalue weighted by Gasteiger charge is -2.31. The van der Waals surface area contributed by atoms with Crippen LogP contribution < -0.4 is 16.4 Å². The van der Waals surface area contributed by atoms with Gasteiger partial charge >= 0.3 is 18.0 Å². The highest BCUT2D eigenvalue weighted by Gasteiger charge is 2.35. The number of ether oxygens (including phenoxy) is 3. The average Bonchev–Trinajstić information content (AvgIpc) is 2.77. The molecule has 0 heterocycles. The lowest BCUT2D eigenvalue weighted by Crippen LogP contribution is -2.55. The van der Waals surface area contributed by atoms with Gasteiger partial charge in [0.25, 0.3) is 0 Å². The van der Waals surface area contributed by atoms with E-state index in [4.69, 9.17) is 19.9 Å². The van der Waals surface area contributed by atoms with Crippen molar-refractivity contribution in [2.24, 2.45) is 11.7 Å².